The maximum absolute atomic E-state index is 12.1. The van der Waals surface area contributed by atoms with Gasteiger partial charge in [-0.1, -0.05) is 6.07 Å². The van der Waals surface area contributed by atoms with Gasteiger partial charge in [0.2, 0.25) is 0 Å². The van der Waals surface area contributed by atoms with E-state index in [9.17, 15) is 19.7 Å². The largest absolute Gasteiger partial charge is 0.496 e. The van der Waals surface area contributed by atoms with Crippen LogP contribution < -0.4 is 14.8 Å². The van der Waals surface area contributed by atoms with E-state index in [1.54, 1.807) is 12.1 Å². The maximum Gasteiger partial charge on any atom is 0.338 e. The van der Waals surface area contributed by atoms with E-state index in [0.717, 1.165) is 5.56 Å². The highest BCUT2D eigenvalue weighted by Crippen LogP contribution is 2.28. The summed E-state index contributed by atoms with van der Waals surface area (Å²) in [5.41, 5.74) is 0.704. The fourth-order valence-electron chi connectivity index (χ4n) is 2.24. The zero-order valence-corrected chi connectivity index (χ0v) is 15.0. The molecule has 0 bridgehead atoms. The van der Waals surface area contributed by atoms with E-state index >= 15 is 0 Å². The second-order valence-electron chi connectivity index (χ2n) is 5.45. The number of aryl methyl sites for hydroxylation is 1. The molecule has 0 saturated heterocycles. The Kier molecular flexibility index (Phi) is 6.32. The number of nitro benzene ring substituents is 1. The van der Waals surface area contributed by atoms with Crippen molar-refractivity contribution >= 4 is 23.3 Å². The predicted octanol–water partition coefficient (Wildman–Crippen LogP) is 2.72. The van der Waals surface area contributed by atoms with Crippen molar-refractivity contribution in [2.45, 2.75) is 6.92 Å². The van der Waals surface area contributed by atoms with Crippen molar-refractivity contribution < 1.29 is 28.7 Å². The summed E-state index contributed by atoms with van der Waals surface area (Å²) in [4.78, 5) is 34.5. The van der Waals surface area contributed by atoms with Crippen LogP contribution in [0.1, 0.15) is 15.9 Å². The lowest BCUT2D eigenvalue weighted by molar-refractivity contribution is -0.384. The zero-order chi connectivity index (χ0) is 20.0. The second kappa shape index (κ2) is 8.65. The van der Waals surface area contributed by atoms with Gasteiger partial charge in [-0.05, 0) is 36.8 Å². The molecule has 9 heteroatoms. The van der Waals surface area contributed by atoms with Crippen LogP contribution >= 0.6 is 0 Å². The minimum Gasteiger partial charge on any atom is -0.496 e. The van der Waals surface area contributed by atoms with Gasteiger partial charge in [-0.15, -0.1) is 0 Å². The van der Waals surface area contributed by atoms with Gasteiger partial charge in [-0.3, -0.25) is 14.9 Å². The lowest BCUT2D eigenvalue weighted by atomic mass is 10.1. The van der Waals surface area contributed by atoms with Gasteiger partial charge in [0.25, 0.3) is 11.6 Å². The minimum absolute atomic E-state index is 0.0288. The SMILES string of the molecule is COc1ccc(NC(=O)COC(=O)c2ccc(C)c(OC)c2)c([N+](=O)[O-])c1. The number of nitrogens with zero attached hydrogens (tertiary/aromatic N) is 1. The van der Waals surface area contributed by atoms with Crippen molar-refractivity contribution in [1.82, 2.24) is 0 Å². The van der Waals surface area contributed by atoms with Crippen molar-refractivity contribution in [3.8, 4) is 11.5 Å². The van der Waals surface area contributed by atoms with Gasteiger partial charge in [-0.2, -0.15) is 0 Å². The summed E-state index contributed by atoms with van der Waals surface area (Å²) in [7, 11) is 2.85. The monoisotopic (exact) mass is 374 g/mol. The van der Waals surface area contributed by atoms with Crippen molar-refractivity contribution in [2.24, 2.45) is 0 Å². The smallest absolute Gasteiger partial charge is 0.338 e. The number of nitro groups is 1. The molecule has 0 heterocycles. The molecule has 142 valence electrons. The highest BCUT2D eigenvalue weighted by molar-refractivity contribution is 5.97. The molecule has 1 N–H and O–H groups in total. The van der Waals surface area contributed by atoms with Gasteiger partial charge in [0, 0.05) is 0 Å². The Morgan fingerprint density at radius 2 is 1.85 bits per heavy atom. The molecule has 0 fully saturated rings. The number of nitrogens with one attached hydrogen (secondary N) is 1. The topological polar surface area (TPSA) is 117 Å². The first kappa shape index (κ1) is 19.7. The zero-order valence-electron chi connectivity index (χ0n) is 15.0. The molecule has 0 aliphatic heterocycles. The van der Waals surface area contributed by atoms with Crippen LogP contribution in [-0.4, -0.2) is 37.6 Å². The fraction of sp³-hybridized carbons (Fsp3) is 0.222. The number of amides is 1. The standard InChI is InChI=1S/C18H18N2O7/c1-11-4-5-12(8-16(11)26-3)18(22)27-10-17(21)19-14-7-6-13(25-2)9-15(14)20(23)24/h4-9H,10H2,1-3H3,(H,19,21). The third-order valence-corrected chi connectivity index (χ3v) is 3.65. The molecule has 0 aliphatic rings. The van der Waals surface area contributed by atoms with Gasteiger partial charge in [0.1, 0.15) is 17.2 Å². The Labute approximate surface area is 155 Å². The fourth-order valence-corrected chi connectivity index (χ4v) is 2.24. The Morgan fingerprint density at radius 3 is 2.48 bits per heavy atom. The van der Waals surface area contributed by atoms with Crippen molar-refractivity contribution in [1.29, 1.82) is 0 Å². The number of hydrogen-bond donors (Lipinski definition) is 1. The molecular weight excluding hydrogens is 356 g/mol. The third-order valence-electron chi connectivity index (χ3n) is 3.65. The summed E-state index contributed by atoms with van der Waals surface area (Å²) in [5.74, 6) is -0.634. The highest BCUT2D eigenvalue weighted by Gasteiger charge is 2.18. The van der Waals surface area contributed by atoms with Gasteiger partial charge < -0.3 is 19.5 Å². The van der Waals surface area contributed by atoms with Crippen LogP contribution in [0.4, 0.5) is 11.4 Å². The normalized spacial score (nSPS) is 10.0. The average molecular weight is 374 g/mol. The lowest BCUT2D eigenvalue weighted by Gasteiger charge is -2.09. The molecule has 0 spiro atoms. The molecule has 1 amide bonds. The van der Waals surface area contributed by atoms with E-state index in [4.69, 9.17) is 14.2 Å². The van der Waals surface area contributed by atoms with E-state index in [1.807, 2.05) is 6.92 Å². The van der Waals surface area contributed by atoms with Gasteiger partial charge in [-0.25, -0.2) is 4.79 Å². The van der Waals surface area contributed by atoms with Crippen LogP contribution in [0.25, 0.3) is 0 Å². The van der Waals surface area contributed by atoms with Crippen LogP contribution in [-0.2, 0) is 9.53 Å². The van der Waals surface area contributed by atoms with Crippen molar-refractivity contribution in [2.75, 3.05) is 26.1 Å². The Hall–Kier alpha value is -3.62. The molecule has 0 saturated carbocycles. The molecule has 2 aromatic carbocycles. The summed E-state index contributed by atoms with van der Waals surface area (Å²) in [6.07, 6.45) is 0. The molecule has 0 radical (unpaired) electrons. The first-order chi connectivity index (χ1) is 12.8. The minimum atomic E-state index is -0.715. The third kappa shape index (κ3) is 4.94. The number of benzene rings is 2. The summed E-state index contributed by atoms with van der Waals surface area (Å²) in [6.45, 7) is 1.22. The van der Waals surface area contributed by atoms with Gasteiger partial charge >= 0.3 is 5.97 Å². The molecule has 2 aromatic rings. The second-order valence-corrected chi connectivity index (χ2v) is 5.45. The number of hydrogen-bond acceptors (Lipinski definition) is 7. The van der Waals surface area contributed by atoms with Crippen LogP contribution in [0.15, 0.2) is 36.4 Å². The Morgan fingerprint density at radius 1 is 1.11 bits per heavy atom. The number of ether oxygens (including phenoxy) is 3. The Bertz CT molecular complexity index is 880. The molecule has 0 unspecified atom stereocenters. The van der Waals surface area contributed by atoms with Crippen LogP contribution in [0.5, 0.6) is 11.5 Å². The van der Waals surface area contributed by atoms with Crippen LogP contribution in [0.3, 0.4) is 0 Å². The van der Waals surface area contributed by atoms with E-state index in [0.29, 0.717) is 5.75 Å². The maximum atomic E-state index is 12.1. The number of anilines is 1. The summed E-state index contributed by atoms with van der Waals surface area (Å²) < 4.78 is 15.0. The van der Waals surface area contributed by atoms with E-state index in [1.165, 1.54) is 38.5 Å². The quantitative estimate of drug-likeness (QED) is 0.450. The van der Waals surface area contributed by atoms with Crippen LogP contribution in [0, 0.1) is 17.0 Å². The van der Waals surface area contributed by atoms with Gasteiger partial charge in [0.05, 0.1) is 30.8 Å². The average Bonchev–Trinajstić information content (AvgIpc) is 2.66. The molecule has 2 rings (SSSR count). The van der Waals surface area contributed by atoms with Crippen LogP contribution in [0.2, 0.25) is 0 Å². The molecular formula is C18H18N2O7. The Balaban J connectivity index is 2.02. The molecule has 27 heavy (non-hydrogen) atoms. The first-order valence-corrected chi connectivity index (χ1v) is 7.79. The molecule has 0 aliphatic carbocycles. The first-order valence-electron chi connectivity index (χ1n) is 7.79. The van der Waals surface area contributed by atoms with Gasteiger partial charge in [0.15, 0.2) is 6.61 Å². The number of methoxy groups -OCH3 is 2. The van der Waals surface area contributed by atoms with E-state index < -0.39 is 23.4 Å². The number of carbonyl (C=O) groups excluding carboxylic acids is 2. The number of carbonyl (C=O) groups is 2. The van der Waals surface area contributed by atoms with Crippen molar-refractivity contribution in [3.05, 3.63) is 57.6 Å². The van der Waals surface area contributed by atoms with E-state index in [-0.39, 0.29) is 22.7 Å². The summed E-state index contributed by atoms with van der Waals surface area (Å²) in [6, 6.07) is 8.72. The summed E-state index contributed by atoms with van der Waals surface area (Å²) in [5, 5.41) is 13.5. The highest BCUT2D eigenvalue weighted by atomic mass is 16.6. The number of rotatable bonds is 7. The number of esters is 1. The molecule has 0 atom stereocenters. The lowest BCUT2D eigenvalue weighted by Crippen LogP contribution is -2.21. The van der Waals surface area contributed by atoms with Crippen molar-refractivity contribution in [3.63, 3.8) is 0 Å². The molecule has 0 aromatic heterocycles. The predicted molar refractivity (Wildman–Crippen MR) is 96.3 cm³/mol. The molecule has 9 nitrogen and oxygen atoms in total. The van der Waals surface area contributed by atoms with E-state index in [2.05, 4.69) is 5.32 Å². The summed E-state index contributed by atoms with van der Waals surface area (Å²) >= 11 is 0.